The van der Waals surface area contributed by atoms with Crippen LogP contribution in [-0.2, 0) is 39.6 Å². The first kappa shape index (κ1) is 22.0. The van der Waals surface area contributed by atoms with Gasteiger partial charge in [0.25, 0.3) is 0 Å². The molecule has 1 saturated carbocycles. The Hall–Kier alpha value is -3.17. The number of alkyl halides is 3. The molecule has 1 atom stereocenters. The van der Waals surface area contributed by atoms with E-state index in [0.717, 1.165) is 22.6 Å². The van der Waals surface area contributed by atoms with Crippen LogP contribution in [0.4, 0.5) is 13.2 Å². The summed E-state index contributed by atoms with van der Waals surface area (Å²) in [6, 6.07) is 4.17. The zero-order valence-corrected chi connectivity index (χ0v) is 17.7. The fourth-order valence-corrected chi connectivity index (χ4v) is 4.23. The number of hydrogen-bond donors (Lipinski definition) is 0. The topological polar surface area (TPSA) is 75.5 Å². The van der Waals surface area contributed by atoms with Gasteiger partial charge in [0.05, 0.1) is 17.2 Å². The zero-order chi connectivity index (χ0) is 23.3. The Labute approximate surface area is 182 Å². The van der Waals surface area contributed by atoms with Crippen molar-refractivity contribution in [3.8, 4) is 0 Å². The van der Waals surface area contributed by atoms with E-state index in [2.05, 4.69) is 5.10 Å². The second-order valence-corrected chi connectivity index (χ2v) is 8.59. The summed E-state index contributed by atoms with van der Waals surface area (Å²) >= 11 is 0. The van der Waals surface area contributed by atoms with Gasteiger partial charge in [-0.2, -0.15) is 18.3 Å². The lowest BCUT2D eigenvalue weighted by molar-refractivity contribution is -0.143. The fraction of sp³-hybridized carbons (Fsp3) is 0.455. The van der Waals surface area contributed by atoms with Gasteiger partial charge in [0.1, 0.15) is 0 Å². The Kier molecular flexibility index (Phi) is 5.34. The molecule has 0 spiro atoms. The molecular formula is C22H23F3N4O3. The summed E-state index contributed by atoms with van der Waals surface area (Å²) in [7, 11) is 3.29. The molecule has 1 aromatic carbocycles. The molecule has 0 N–H and O–H groups in total. The average Bonchev–Trinajstić information content (AvgIpc) is 3.41. The van der Waals surface area contributed by atoms with E-state index in [0.29, 0.717) is 12.8 Å². The number of rotatable bonds is 6. The maximum absolute atomic E-state index is 13.4. The minimum absolute atomic E-state index is 0.0388. The summed E-state index contributed by atoms with van der Waals surface area (Å²) in [4.78, 5) is 41.8. The van der Waals surface area contributed by atoms with Crippen molar-refractivity contribution in [3.05, 3.63) is 53.3 Å². The maximum atomic E-state index is 13.4. The van der Waals surface area contributed by atoms with Gasteiger partial charge in [-0.15, -0.1) is 0 Å². The number of aromatic nitrogens is 2. The van der Waals surface area contributed by atoms with Gasteiger partial charge < -0.3 is 4.90 Å². The van der Waals surface area contributed by atoms with E-state index >= 15 is 0 Å². The molecule has 10 heteroatoms. The molecule has 0 bridgehead atoms. The Balaban J connectivity index is 1.68. The molecule has 3 amide bonds. The highest BCUT2D eigenvalue weighted by atomic mass is 19.4. The first-order chi connectivity index (χ1) is 15.0. The number of imide groups is 1. The molecule has 2 heterocycles. The molecule has 1 saturated heterocycles. The predicted octanol–water partition coefficient (Wildman–Crippen LogP) is 2.65. The van der Waals surface area contributed by atoms with Crippen molar-refractivity contribution in [1.29, 1.82) is 0 Å². The molecule has 1 aliphatic heterocycles. The first-order valence-corrected chi connectivity index (χ1v) is 10.3. The van der Waals surface area contributed by atoms with Gasteiger partial charge in [0.2, 0.25) is 17.7 Å². The van der Waals surface area contributed by atoms with Crippen molar-refractivity contribution in [3.63, 3.8) is 0 Å². The normalized spacial score (nSPS) is 21.3. The van der Waals surface area contributed by atoms with Gasteiger partial charge >= 0.3 is 6.18 Å². The van der Waals surface area contributed by atoms with E-state index in [1.165, 1.54) is 17.0 Å². The minimum atomic E-state index is -4.61. The van der Waals surface area contributed by atoms with Crippen molar-refractivity contribution in [2.24, 2.45) is 7.05 Å². The third kappa shape index (κ3) is 4.01. The molecule has 1 unspecified atom stereocenters. The molecule has 170 valence electrons. The lowest BCUT2D eigenvalue weighted by atomic mass is 9.75. The standard InChI is InChI=1S/C22H23F3N4O3/c1-27(12-14-11-26-28(2)13-14)18(30)9-21(10-19(31)29(20(21)32)17-6-7-17)15-4-3-5-16(8-15)22(23,24)25/h3-5,8,11,13,17H,6-7,9-10,12H2,1-2H3. The number of amides is 3. The first-order valence-electron chi connectivity index (χ1n) is 10.3. The Morgan fingerprint density at radius 3 is 2.59 bits per heavy atom. The SMILES string of the molecule is CN(Cc1cnn(C)c1)C(=O)CC1(c2cccc(C(F)(F)F)c2)CC(=O)N(C2CC2)C1=O. The van der Waals surface area contributed by atoms with Crippen LogP contribution in [0, 0.1) is 0 Å². The van der Waals surface area contributed by atoms with Crippen LogP contribution in [0.5, 0.6) is 0 Å². The average molecular weight is 448 g/mol. The van der Waals surface area contributed by atoms with Crippen molar-refractivity contribution in [2.75, 3.05) is 7.05 Å². The summed E-state index contributed by atoms with van der Waals surface area (Å²) < 4.78 is 41.7. The third-order valence-corrected chi connectivity index (χ3v) is 6.06. The zero-order valence-electron chi connectivity index (χ0n) is 17.7. The van der Waals surface area contributed by atoms with Gasteiger partial charge in [0.15, 0.2) is 0 Å². The molecule has 2 aromatic rings. The number of carbonyl (C=O) groups excluding carboxylic acids is 3. The molecule has 0 radical (unpaired) electrons. The van der Waals surface area contributed by atoms with E-state index in [-0.39, 0.29) is 24.6 Å². The van der Waals surface area contributed by atoms with Crippen LogP contribution in [0.15, 0.2) is 36.7 Å². The van der Waals surface area contributed by atoms with Crippen molar-refractivity contribution >= 4 is 17.7 Å². The highest BCUT2D eigenvalue weighted by Gasteiger charge is 2.57. The number of benzene rings is 1. The van der Waals surface area contributed by atoms with Crippen LogP contribution in [0.3, 0.4) is 0 Å². The summed E-state index contributed by atoms with van der Waals surface area (Å²) in [6.07, 6.45) is -0.637. The summed E-state index contributed by atoms with van der Waals surface area (Å²) in [5.74, 6) is -1.48. The fourth-order valence-electron chi connectivity index (χ4n) is 4.23. The van der Waals surface area contributed by atoms with E-state index in [4.69, 9.17) is 0 Å². The molecular weight excluding hydrogens is 425 g/mol. The lowest BCUT2D eigenvalue weighted by Gasteiger charge is -2.29. The van der Waals surface area contributed by atoms with Crippen molar-refractivity contribution in [2.45, 2.75) is 49.9 Å². The number of halogens is 3. The van der Waals surface area contributed by atoms with Gasteiger partial charge in [-0.3, -0.25) is 24.0 Å². The Morgan fingerprint density at radius 2 is 2.00 bits per heavy atom. The molecule has 32 heavy (non-hydrogen) atoms. The molecule has 2 fully saturated rings. The molecule has 2 aliphatic rings. The maximum Gasteiger partial charge on any atom is 0.416 e. The molecule has 1 aliphatic carbocycles. The van der Waals surface area contributed by atoms with E-state index < -0.39 is 41.3 Å². The lowest BCUT2D eigenvalue weighted by Crippen LogP contribution is -2.43. The van der Waals surface area contributed by atoms with Crippen molar-refractivity contribution < 1.29 is 27.6 Å². The van der Waals surface area contributed by atoms with Gasteiger partial charge in [-0.25, -0.2) is 0 Å². The quantitative estimate of drug-likeness (QED) is 0.637. The molecule has 7 nitrogen and oxygen atoms in total. The summed E-state index contributed by atoms with van der Waals surface area (Å²) in [5.41, 5.74) is -1.76. The van der Waals surface area contributed by atoms with Crippen LogP contribution < -0.4 is 0 Å². The molecule has 1 aromatic heterocycles. The smallest absolute Gasteiger partial charge is 0.341 e. The number of carbonyl (C=O) groups is 3. The Morgan fingerprint density at radius 1 is 1.28 bits per heavy atom. The number of nitrogens with zero attached hydrogens (tertiary/aromatic N) is 4. The second kappa shape index (κ2) is 7.75. The third-order valence-electron chi connectivity index (χ3n) is 6.06. The van der Waals surface area contributed by atoms with Crippen molar-refractivity contribution in [1.82, 2.24) is 19.6 Å². The van der Waals surface area contributed by atoms with Crippen LogP contribution in [0.1, 0.15) is 42.4 Å². The van der Waals surface area contributed by atoms with Crippen LogP contribution in [0.2, 0.25) is 0 Å². The van der Waals surface area contributed by atoms with Gasteiger partial charge in [0, 0.05) is 51.3 Å². The van der Waals surface area contributed by atoms with Crippen LogP contribution in [-0.4, -0.2) is 50.4 Å². The number of hydrogen-bond acceptors (Lipinski definition) is 4. The monoisotopic (exact) mass is 448 g/mol. The number of aryl methyl sites for hydroxylation is 1. The van der Waals surface area contributed by atoms with E-state index in [1.807, 2.05) is 0 Å². The number of likely N-dealkylation sites (tertiary alicyclic amines) is 1. The minimum Gasteiger partial charge on any atom is -0.341 e. The molecule has 4 rings (SSSR count). The summed E-state index contributed by atoms with van der Waals surface area (Å²) in [5, 5.41) is 4.05. The van der Waals surface area contributed by atoms with E-state index in [9.17, 15) is 27.6 Å². The highest BCUT2D eigenvalue weighted by Crippen LogP contribution is 2.45. The highest BCUT2D eigenvalue weighted by molar-refractivity contribution is 6.11. The largest absolute Gasteiger partial charge is 0.416 e. The van der Waals surface area contributed by atoms with Crippen LogP contribution >= 0.6 is 0 Å². The van der Waals surface area contributed by atoms with Gasteiger partial charge in [-0.1, -0.05) is 18.2 Å². The van der Waals surface area contributed by atoms with Crippen LogP contribution in [0.25, 0.3) is 0 Å². The van der Waals surface area contributed by atoms with Gasteiger partial charge in [-0.05, 0) is 24.5 Å². The second-order valence-electron chi connectivity index (χ2n) is 8.59. The van der Waals surface area contributed by atoms with E-state index in [1.54, 1.807) is 31.2 Å². The summed E-state index contributed by atoms with van der Waals surface area (Å²) in [6.45, 7) is 0.222. The predicted molar refractivity (Wildman–Crippen MR) is 107 cm³/mol. The Bertz CT molecular complexity index is 1080.